The largest absolute Gasteiger partial charge is 0.317 e. The molecule has 0 amide bonds. The van der Waals surface area contributed by atoms with Crippen LogP contribution in [0.15, 0.2) is 29.2 Å². The fraction of sp³-hybridized carbons (Fsp3) is 0.538. The zero-order chi connectivity index (χ0) is 13.0. The van der Waals surface area contributed by atoms with Crippen LogP contribution in [0.1, 0.15) is 25.3 Å². The highest BCUT2D eigenvalue weighted by Crippen LogP contribution is 2.22. The van der Waals surface area contributed by atoms with Crippen LogP contribution in [0.5, 0.6) is 0 Å². The molecule has 0 spiro atoms. The van der Waals surface area contributed by atoms with Crippen LogP contribution in [-0.2, 0) is 16.4 Å². The van der Waals surface area contributed by atoms with Gasteiger partial charge in [-0.3, -0.25) is 0 Å². The molecule has 0 aliphatic heterocycles. The van der Waals surface area contributed by atoms with Crippen molar-refractivity contribution in [3.05, 3.63) is 29.8 Å². The minimum absolute atomic E-state index is 0.156. The minimum Gasteiger partial charge on any atom is -0.317 e. The van der Waals surface area contributed by atoms with E-state index in [-0.39, 0.29) is 6.04 Å². The monoisotopic (exact) mass is 268 g/mol. The molecule has 18 heavy (non-hydrogen) atoms. The van der Waals surface area contributed by atoms with Gasteiger partial charge in [-0.2, -0.15) is 0 Å². The first-order valence-electron chi connectivity index (χ1n) is 6.44. The minimum atomic E-state index is -3.30. The van der Waals surface area contributed by atoms with Gasteiger partial charge in [0.2, 0.25) is 10.0 Å². The Kier molecular flexibility index (Phi) is 4.37. The molecular weight excluding hydrogens is 248 g/mol. The molecule has 4 nitrogen and oxygen atoms in total. The second-order valence-corrected chi connectivity index (χ2v) is 6.36. The molecule has 0 saturated heterocycles. The maximum atomic E-state index is 11.9. The summed E-state index contributed by atoms with van der Waals surface area (Å²) in [7, 11) is -3.30. The van der Waals surface area contributed by atoms with E-state index in [4.69, 9.17) is 0 Å². The van der Waals surface area contributed by atoms with Crippen LogP contribution in [0.2, 0.25) is 0 Å². The van der Waals surface area contributed by atoms with Gasteiger partial charge in [0.25, 0.3) is 0 Å². The van der Waals surface area contributed by atoms with Crippen molar-refractivity contribution in [3.8, 4) is 0 Å². The molecule has 0 heterocycles. The highest BCUT2D eigenvalue weighted by Gasteiger charge is 2.27. The van der Waals surface area contributed by atoms with Crippen molar-refractivity contribution in [1.82, 2.24) is 10.0 Å². The number of sulfonamides is 1. The fourth-order valence-corrected chi connectivity index (χ4v) is 3.04. The molecule has 5 heteroatoms. The first kappa shape index (κ1) is 13.5. The Morgan fingerprint density at radius 3 is 2.44 bits per heavy atom. The maximum Gasteiger partial charge on any atom is 0.240 e. The second kappa shape index (κ2) is 5.82. The van der Waals surface area contributed by atoms with Gasteiger partial charge in [-0.05, 0) is 50.0 Å². The molecule has 100 valence electrons. The van der Waals surface area contributed by atoms with Crippen molar-refractivity contribution in [2.75, 3.05) is 13.1 Å². The lowest BCUT2D eigenvalue weighted by Gasteiger charge is -2.07. The van der Waals surface area contributed by atoms with Gasteiger partial charge in [0.05, 0.1) is 4.90 Å². The summed E-state index contributed by atoms with van der Waals surface area (Å²) >= 11 is 0. The van der Waals surface area contributed by atoms with Gasteiger partial charge >= 0.3 is 0 Å². The van der Waals surface area contributed by atoms with Crippen LogP contribution in [-0.4, -0.2) is 27.5 Å². The zero-order valence-corrected chi connectivity index (χ0v) is 11.5. The smallest absolute Gasteiger partial charge is 0.240 e. The molecule has 0 unspecified atom stereocenters. The summed E-state index contributed by atoms with van der Waals surface area (Å²) in [6, 6.07) is 7.30. The summed E-state index contributed by atoms with van der Waals surface area (Å²) in [5.74, 6) is 0. The van der Waals surface area contributed by atoms with Crippen molar-refractivity contribution in [1.29, 1.82) is 0 Å². The van der Waals surface area contributed by atoms with E-state index < -0.39 is 10.0 Å². The van der Waals surface area contributed by atoms with Crippen molar-refractivity contribution in [2.24, 2.45) is 0 Å². The highest BCUT2D eigenvalue weighted by molar-refractivity contribution is 7.89. The topological polar surface area (TPSA) is 58.2 Å². The van der Waals surface area contributed by atoms with Crippen molar-refractivity contribution in [3.63, 3.8) is 0 Å². The third-order valence-corrected chi connectivity index (χ3v) is 4.51. The molecular formula is C13H20N2O2S. The van der Waals surface area contributed by atoms with Gasteiger partial charge in [-0.15, -0.1) is 0 Å². The quantitative estimate of drug-likeness (QED) is 0.732. The molecule has 0 radical (unpaired) electrons. The SMILES string of the molecule is CCNCCc1ccc(S(=O)(=O)NC2CC2)cc1. The Bertz CT molecular complexity index is 478. The standard InChI is InChI=1S/C13H20N2O2S/c1-2-14-10-9-11-3-7-13(8-4-11)18(16,17)15-12-5-6-12/h3-4,7-8,12,14-15H,2,5-6,9-10H2,1H3. The number of hydrogen-bond donors (Lipinski definition) is 2. The summed E-state index contributed by atoms with van der Waals surface area (Å²) in [5.41, 5.74) is 1.15. The molecule has 2 rings (SSSR count). The van der Waals surface area contributed by atoms with E-state index in [1.807, 2.05) is 12.1 Å². The van der Waals surface area contributed by atoms with Gasteiger partial charge in [0, 0.05) is 6.04 Å². The number of nitrogens with one attached hydrogen (secondary N) is 2. The van der Waals surface area contributed by atoms with Crippen LogP contribution >= 0.6 is 0 Å². The average molecular weight is 268 g/mol. The number of hydrogen-bond acceptors (Lipinski definition) is 3. The molecule has 1 aromatic carbocycles. The Labute approximate surface area is 109 Å². The van der Waals surface area contributed by atoms with E-state index in [0.29, 0.717) is 4.90 Å². The number of benzene rings is 1. The van der Waals surface area contributed by atoms with Crippen LogP contribution in [0, 0.1) is 0 Å². The lowest BCUT2D eigenvalue weighted by atomic mass is 10.1. The van der Waals surface area contributed by atoms with Crippen molar-refractivity contribution >= 4 is 10.0 Å². The summed E-state index contributed by atoms with van der Waals surface area (Å²) < 4.78 is 26.5. The molecule has 1 saturated carbocycles. The van der Waals surface area contributed by atoms with E-state index in [9.17, 15) is 8.42 Å². The molecule has 0 bridgehead atoms. The van der Waals surface area contributed by atoms with Crippen LogP contribution in [0.3, 0.4) is 0 Å². The lowest BCUT2D eigenvalue weighted by Crippen LogP contribution is -2.25. The molecule has 1 fully saturated rings. The maximum absolute atomic E-state index is 11.9. The predicted molar refractivity (Wildman–Crippen MR) is 72.0 cm³/mol. The van der Waals surface area contributed by atoms with E-state index >= 15 is 0 Å². The second-order valence-electron chi connectivity index (χ2n) is 4.64. The summed E-state index contributed by atoms with van der Waals surface area (Å²) in [6.07, 6.45) is 2.84. The normalized spacial score (nSPS) is 15.8. The first-order valence-corrected chi connectivity index (χ1v) is 7.92. The van der Waals surface area contributed by atoms with Crippen LogP contribution < -0.4 is 10.0 Å². The first-order chi connectivity index (χ1) is 8.62. The molecule has 1 aliphatic rings. The third kappa shape index (κ3) is 3.80. The van der Waals surface area contributed by atoms with Crippen molar-refractivity contribution in [2.45, 2.75) is 37.1 Å². The summed E-state index contributed by atoms with van der Waals surface area (Å²) in [4.78, 5) is 0.363. The summed E-state index contributed by atoms with van der Waals surface area (Å²) in [6.45, 7) is 3.94. The molecule has 0 atom stereocenters. The Balaban J connectivity index is 1.97. The highest BCUT2D eigenvalue weighted by atomic mass is 32.2. The fourth-order valence-electron chi connectivity index (χ4n) is 1.73. The van der Waals surface area contributed by atoms with Gasteiger partial charge in [0.1, 0.15) is 0 Å². The van der Waals surface area contributed by atoms with Crippen LogP contribution in [0.4, 0.5) is 0 Å². The average Bonchev–Trinajstić information content (AvgIpc) is 3.13. The summed E-state index contributed by atoms with van der Waals surface area (Å²) in [5, 5.41) is 3.25. The van der Waals surface area contributed by atoms with E-state index in [1.165, 1.54) is 0 Å². The van der Waals surface area contributed by atoms with Crippen molar-refractivity contribution < 1.29 is 8.42 Å². The zero-order valence-electron chi connectivity index (χ0n) is 10.6. The Morgan fingerprint density at radius 1 is 1.22 bits per heavy atom. The molecule has 1 aliphatic carbocycles. The molecule has 0 aromatic heterocycles. The molecule has 2 N–H and O–H groups in total. The third-order valence-electron chi connectivity index (χ3n) is 2.97. The van der Waals surface area contributed by atoms with E-state index in [0.717, 1.165) is 37.9 Å². The predicted octanol–water partition coefficient (Wildman–Crippen LogP) is 1.28. The Morgan fingerprint density at radius 2 is 1.89 bits per heavy atom. The van der Waals surface area contributed by atoms with Gasteiger partial charge in [-0.1, -0.05) is 19.1 Å². The lowest BCUT2D eigenvalue weighted by molar-refractivity contribution is 0.581. The van der Waals surface area contributed by atoms with E-state index in [1.54, 1.807) is 12.1 Å². The number of likely N-dealkylation sites (N-methyl/N-ethyl adjacent to an activating group) is 1. The molecule has 1 aromatic rings. The van der Waals surface area contributed by atoms with E-state index in [2.05, 4.69) is 17.0 Å². The Hall–Kier alpha value is -0.910. The van der Waals surface area contributed by atoms with Gasteiger partial charge in [0.15, 0.2) is 0 Å². The number of rotatable bonds is 7. The van der Waals surface area contributed by atoms with Crippen LogP contribution in [0.25, 0.3) is 0 Å². The van der Waals surface area contributed by atoms with Gasteiger partial charge in [-0.25, -0.2) is 13.1 Å². The van der Waals surface area contributed by atoms with Gasteiger partial charge < -0.3 is 5.32 Å².